The second kappa shape index (κ2) is 2.31. The van der Waals surface area contributed by atoms with E-state index in [9.17, 15) is 4.39 Å². The van der Waals surface area contributed by atoms with Crippen LogP contribution in [-0.2, 0) is 0 Å². The topological polar surface area (TPSA) is 3.24 Å². The van der Waals surface area contributed by atoms with Crippen molar-refractivity contribution < 1.29 is 4.39 Å². The fourth-order valence-corrected chi connectivity index (χ4v) is 2.26. The number of fused-ring (bicyclic) bond motifs is 1. The SMILES string of the molecule is C=C1C[C@@H]2C[C@H](F)[C@@H](C)N2C1. The van der Waals surface area contributed by atoms with E-state index in [2.05, 4.69) is 11.5 Å². The Labute approximate surface area is 66.9 Å². The van der Waals surface area contributed by atoms with Crippen molar-refractivity contribution in [2.75, 3.05) is 6.54 Å². The molecule has 2 rings (SSSR count). The minimum atomic E-state index is -0.604. The minimum Gasteiger partial charge on any atom is -0.290 e. The lowest BCUT2D eigenvalue weighted by atomic mass is 10.1. The highest BCUT2D eigenvalue weighted by Gasteiger charge is 2.42. The van der Waals surface area contributed by atoms with Gasteiger partial charge < -0.3 is 0 Å². The normalized spacial score (nSPS) is 44.9. The third-order valence-corrected chi connectivity index (χ3v) is 2.94. The molecule has 11 heavy (non-hydrogen) atoms. The third kappa shape index (κ3) is 1.00. The van der Waals surface area contributed by atoms with Crippen molar-refractivity contribution in [1.29, 1.82) is 0 Å². The van der Waals surface area contributed by atoms with Gasteiger partial charge in [0.05, 0.1) is 0 Å². The van der Waals surface area contributed by atoms with Gasteiger partial charge in [-0.15, -0.1) is 0 Å². The molecular weight excluding hydrogens is 141 g/mol. The Morgan fingerprint density at radius 3 is 3.00 bits per heavy atom. The molecule has 62 valence electrons. The largest absolute Gasteiger partial charge is 0.290 e. The van der Waals surface area contributed by atoms with Gasteiger partial charge in [0, 0.05) is 18.6 Å². The molecule has 0 aliphatic carbocycles. The van der Waals surface area contributed by atoms with Crippen LogP contribution in [0, 0.1) is 0 Å². The van der Waals surface area contributed by atoms with E-state index in [0.717, 1.165) is 19.4 Å². The van der Waals surface area contributed by atoms with Gasteiger partial charge in [0.2, 0.25) is 0 Å². The summed E-state index contributed by atoms with van der Waals surface area (Å²) in [6.07, 6.45) is 1.14. The van der Waals surface area contributed by atoms with Gasteiger partial charge in [-0.3, -0.25) is 4.90 Å². The number of rotatable bonds is 0. The number of alkyl halides is 1. The molecule has 0 saturated carbocycles. The molecule has 0 N–H and O–H groups in total. The predicted molar refractivity (Wildman–Crippen MR) is 43.2 cm³/mol. The second-order valence-corrected chi connectivity index (χ2v) is 3.77. The van der Waals surface area contributed by atoms with Crippen LogP contribution in [0.5, 0.6) is 0 Å². The summed E-state index contributed by atoms with van der Waals surface area (Å²) in [6, 6.07) is 0.590. The summed E-state index contributed by atoms with van der Waals surface area (Å²) in [7, 11) is 0. The van der Waals surface area contributed by atoms with E-state index < -0.39 is 6.17 Å². The summed E-state index contributed by atoms with van der Waals surface area (Å²) in [5.41, 5.74) is 1.27. The smallest absolute Gasteiger partial charge is 0.117 e. The molecule has 0 bridgehead atoms. The van der Waals surface area contributed by atoms with Crippen molar-refractivity contribution in [3.05, 3.63) is 12.2 Å². The van der Waals surface area contributed by atoms with Crippen LogP contribution < -0.4 is 0 Å². The van der Waals surface area contributed by atoms with E-state index in [1.807, 2.05) is 6.92 Å². The number of hydrogen-bond donors (Lipinski definition) is 0. The molecule has 0 aromatic heterocycles. The molecule has 1 nitrogen and oxygen atoms in total. The van der Waals surface area contributed by atoms with Crippen LogP contribution in [0.3, 0.4) is 0 Å². The van der Waals surface area contributed by atoms with E-state index >= 15 is 0 Å². The summed E-state index contributed by atoms with van der Waals surface area (Å²) in [5, 5.41) is 0. The summed E-state index contributed by atoms with van der Waals surface area (Å²) < 4.78 is 13.1. The summed E-state index contributed by atoms with van der Waals surface area (Å²) in [6.45, 7) is 6.83. The highest BCUT2D eigenvalue weighted by molar-refractivity contribution is 5.13. The van der Waals surface area contributed by atoms with E-state index in [0.29, 0.717) is 6.04 Å². The quantitative estimate of drug-likeness (QED) is 0.482. The Hall–Kier alpha value is -0.370. The van der Waals surface area contributed by atoms with Gasteiger partial charge in [-0.05, 0) is 19.8 Å². The van der Waals surface area contributed by atoms with E-state index in [1.54, 1.807) is 0 Å². The minimum absolute atomic E-state index is 0.124. The molecule has 0 spiro atoms. The molecule has 2 fully saturated rings. The lowest BCUT2D eigenvalue weighted by Gasteiger charge is -2.19. The van der Waals surface area contributed by atoms with Crippen LogP contribution in [0.15, 0.2) is 12.2 Å². The Morgan fingerprint density at radius 1 is 1.64 bits per heavy atom. The van der Waals surface area contributed by atoms with Crippen molar-refractivity contribution in [3.63, 3.8) is 0 Å². The maximum atomic E-state index is 13.1. The second-order valence-electron chi connectivity index (χ2n) is 3.77. The Balaban J connectivity index is 2.13. The maximum absolute atomic E-state index is 13.1. The molecule has 2 aliphatic rings. The first-order valence-electron chi connectivity index (χ1n) is 4.25. The molecule has 2 heteroatoms. The van der Waals surface area contributed by atoms with Crippen LogP contribution in [0.1, 0.15) is 19.8 Å². The molecule has 0 aromatic carbocycles. The Morgan fingerprint density at radius 2 is 2.36 bits per heavy atom. The molecule has 0 amide bonds. The molecule has 0 radical (unpaired) electrons. The van der Waals surface area contributed by atoms with Crippen LogP contribution in [0.4, 0.5) is 4.39 Å². The van der Waals surface area contributed by atoms with Crippen molar-refractivity contribution in [3.8, 4) is 0 Å². The molecule has 3 atom stereocenters. The zero-order chi connectivity index (χ0) is 8.01. The number of nitrogens with zero attached hydrogens (tertiary/aromatic N) is 1. The number of hydrogen-bond acceptors (Lipinski definition) is 1. The van der Waals surface area contributed by atoms with Crippen LogP contribution >= 0.6 is 0 Å². The van der Waals surface area contributed by atoms with E-state index in [4.69, 9.17) is 0 Å². The predicted octanol–water partition coefficient (Wildman–Crippen LogP) is 1.75. The van der Waals surface area contributed by atoms with Crippen molar-refractivity contribution in [2.24, 2.45) is 0 Å². The Kier molecular flexibility index (Phi) is 1.53. The standard InChI is InChI=1S/C9H14FN/c1-6-3-8-4-9(10)7(2)11(8)5-6/h7-9H,1,3-5H2,2H3/t7-,8-,9+/m1/s1. The van der Waals surface area contributed by atoms with Crippen molar-refractivity contribution in [2.45, 2.75) is 38.0 Å². The highest BCUT2D eigenvalue weighted by atomic mass is 19.1. The average molecular weight is 155 g/mol. The summed E-state index contributed by atoms with van der Waals surface area (Å²) >= 11 is 0. The first-order valence-corrected chi connectivity index (χ1v) is 4.25. The molecule has 2 aliphatic heterocycles. The van der Waals surface area contributed by atoms with Crippen molar-refractivity contribution >= 4 is 0 Å². The van der Waals surface area contributed by atoms with Gasteiger partial charge in [0.1, 0.15) is 6.17 Å². The van der Waals surface area contributed by atoms with Gasteiger partial charge >= 0.3 is 0 Å². The first kappa shape index (κ1) is 7.29. The molecule has 0 unspecified atom stereocenters. The number of halogens is 1. The molecule has 2 saturated heterocycles. The van der Waals surface area contributed by atoms with Crippen LogP contribution in [0.25, 0.3) is 0 Å². The zero-order valence-corrected chi connectivity index (χ0v) is 6.89. The average Bonchev–Trinajstić information content (AvgIpc) is 2.37. The third-order valence-electron chi connectivity index (χ3n) is 2.94. The molecule has 2 heterocycles. The maximum Gasteiger partial charge on any atom is 0.117 e. The summed E-state index contributed by atoms with van der Waals surface area (Å²) in [5.74, 6) is 0. The van der Waals surface area contributed by atoms with Gasteiger partial charge in [-0.2, -0.15) is 0 Å². The van der Waals surface area contributed by atoms with E-state index in [-0.39, 0.29) is 6.04 Å². The van der Waals surface area contributed by atoms with Gasteiger partial charge in [-0.1, -0.05) is 12.2 Å². The fraction of sp³-hybridized carbons (Fsp3) is 0.778. The molecule has 0 aromatic rings. The molecular formula is C9H14FN. The van der Waals surface area contributed by atoms with Crippen LogP contribution in [-0.4, -0.2) is 29.7 Å². The lowest BCUT2D eigenvalue weighted by molar-refractivity contribution is 0.214. The Bertz CT molecular complexity index is 190. The highest BCUT2D eigenvalue weighted by Crippen LogP contribution is 2.35. The van der Waals surface area contributed by atoms with Gasteiger partial charge in [-0.25, -0.2) is 4.39 Å². The van der Waals surface area contributed by atoms with Gasteiger partial charge in [0.25, 0.3) is 0 Å². The summed E-state index contributed by atoms with van der Waals surface area (Å²) in [4.78, 5) is 2.24. The monoisotopic (exact) mass is 155 g/mol. The lowest BCUT2D eigenvalue weighted by Crippen LogP contribution is -2.31. The fourth-order valence-electron chi connectivity index (χ4n) is 2.26. The van der Waals surface area contributed by atoms with Crippen LogP contribution in [0.2, 0.25) is 0 Å². The first-order chi connectivity index (χ1) is 5.18. The zero-order valence-electron chi connectivity index (χ0n) is 6.89. The van der Waals surface area contributed by atoms with E-state index in [1.165, 1.54) is 5.57 Å². The van der Waals surface area contributed by atoms with Gasteiger partial charge in [0.15, 0.2) is 0 Å². The van der Waals surface area contributed by atoms with Crippen molar-refractivity contribution in [1.82, 2.24) is 4.90 Å².